The number of carbonyl (C=O) groups is 1. The molecule has 1 aliphatic heterocycles. The van der Waals surface area contributed by atoms with Crippen LogP contribution in [0.2, 0.25) is 0 Å². The van der Waals surface area contributed by atoms with Gasteiger partial charge in [0.15, 0.2) is 5.78 Å². The van der Waals surface area contributed by atoms with E-state index in [9.17, 15) is 10.1 Å². The molecular weight excluding hydrogens is 356 g/mol. The minimum Gasteiger partial charge on any atom is -0.440 e. The van der Waals surface area contributed by atoms with E-state index in [1.807, 2.05) is 30.3 Å². The highest BCUT2D eigenvalue weighted by Gasteiger charge is 2.30. The van der Waals surface area contributed by atoms with Crippen LogP contribution in [-0.4, -0.2) is 5.78 Å². The van der Waals surface area contributed by atoms with Crippen molar-refractivity contribution in [1.29, 1.82) is 5.26 Å². The summed E-state index contributed by atoms with van der Waals surface area (Å²) in [6.07, 6.45) is 0.172. The summed E-state index contributed by atoms with van der Waals surface area (Å²) in [5, 5.41) is 9.39. The predicted molar refractivity (Wildman–Crippen MR) is 89.7 cm³/mol. The summed E-state index contributed by atoms with van der Waals surface area (Å²) in [5.41, 5.74) is 7.56. The number of hydrogen-bond acceptors (Lipinski definition) is 4. The van der Waals surface area contributed by atoms with Crippen LogP contribution in [0.4, 0.5) is 0 Å². The Morgan fingerprint density at radius 3 is 2.61 bits per heavy atom. The number of Topliss-reactive ketones (excluding diaryl/α,β-unsaturated/α-hetero) is 1. The average Bonchev–Trinajstić information content (AvgIpc) is 2.55. The van der Waals surface area contributed by atoms with Gasteiger partial charge in [0, 0.05) is 27.9 Å². The van der Waals surface area contributed by atoms with E-state index < -0.39 is 0 Å². The van der Waals surface area contributed by atoms with E-state index in [4.69, 9.17) is 10.5 Å². The second-order valence-electron chi connectivity index (χ2n) is 5.22. The SMILES string of the molecule is N#CC1=C(N)Oc2ccccc2C1CC(=O)c1ccc(Br)cc1. The van der Waals surface area contributed by atoms with Crippen LogP contribution < -0.4 is 10.5 Å². The fourth-order valence-corrected chi connectivity index (χ4v) is 2.91. The molecule has 1 atom stereocenters. The van der Waals surface area contributed by atoms with E-state index in [2.05, 4.69) is 22.0 Å². The van der Waals surface area contributed by atoms with Gasteiger partial charge in [0.1, 0.15) is 11.8 Å². The number of nitrogens with two attached hydrogens (primary N) is 1. The van der Waals surface area contributed by atoms with Crippen LogP contribution in [0.15, 0.2) is 64.5 Å². The van der Waals surface area contributed by atoms with Gasteiger partial charge in [-0.2, -0.15) is 5.26 Å². The molecule has 0 saturated heterocycles. The van der Waals surface area contributed by atoms with Crippen LogP contribution in [0.1, 0.15) is 28.3 Å². The summed E-state index contributed by atoms with van der Waals surface area (Å²) in [6, 6.07) is 16.6. The maximum atomic E-state index is 12.6. The van der Waals surface area contributed by atoms with Crippen molar-refractivity contribution in [3.8, 4) is 11.8 Å². The Labute approximate surface area is 142 Å². The third-order valence-electron chi connectivity index (χ3n) is 3.80. The molecule has 0 radical (unpaired) electrons. The molecular formula is C18H13BrN2O2. The lowest BCUT2D eigenvalue weighted by molar-refractivity contribution is 0.0976. The fraction of sp³-hybridized carbons (Fsp3) is 0.111. The first-order valence-corrected chi connectivity index (χ1v) is 7.84. The second kappa shape index (κ2) is 6.27. The molecule has 0 amide bonds. The summed E-state index contributed by atoms with van der Waals surface area (Å²) in [7, 11) is 0. The van der Waals surface area contributed by atoms with Crippen molar-refractivity contribution in [1.82, 2.24) is 0 Å². The van der Waals surface area contributed by atoms with Crippen molar-refractivity contribution in [3.05, 3.63) is 75.6 Å². The molecule has 1 aliphatic rings. The molecule has 0 saturated carbocycles. The zero-order chi connectivity index (χ0) is 16.4. The Morgan fingerprint density at radius 2 is 1.91 bits per heavy atom. The number of nitrogens with zero attached hydrogens (tertiary/aromatic N) is 1. The van der Waals surface area contributed by atoms with Gasteiger partial charge in [0.25, 0.3) is 0 Å². The fourth-order valence-electron chi connectivity index (χ4n) is 2.65. The largest absolute Gasteiger partial charge is 0.440 e. The molecule has 0 fully saturated rings. The Hall–Kier alpha value is -2.58. The lowest BCUT2D eigenvalue weighted by atomic mass is 9.84. The smallest absolute Gasteiger partial charge is 0.205 e. The number of hydrogen-bond donors (Lipinski definition) is 1. The minimum atomic E-state index is -0.388. The average molecular weight is 369 g/mol. The Balaban J connectivity index is 1.95. The van der Waals surface area contributed by atoms with Crippen LogP contribution in [0.3, 0.4) is 0 Å². The molecule has 2 N–H and O–H groups in total. The van der Waals surface area contributed by atoms with Crippen LogP contribution >= 0.6 is 15.9 Å². The molecule has 4 nitrogen and oxygen atoms in total. The zero-order valence-corrected chi connectivity index (χ0v) is 13.7. The number of nitriles is 1. The lowest BCUT2D eigenvalue weighted by Gasteiger charge is -2.25. The van der Waals surface area contributed by atoms with Gasteiger partial charge in [-0.1, -0.05) is 46.3 Å². The van der Waals surface area contributed by atoms with Gasteiger partial charge in [-0.05, 0) is 18.2 Å². The number of ether oxygens (including phenoxy) is 1. The topological polar surface area (TPSA) is 76.1 Å². The number of halogens is 1. The van der Waals surface area contributed by atoms with Crippen molar-refractivity contribution in [2.45, 2.75) is 12.3 Å². The Kier molecular flexibility index (Phi) is 4.18. The number of benzene rings is 2. The standard InChI is InChI=1S/C18H13BrN2O2/c19-12-7-5-11(6-8-12)16(22)9-14-13-3-1-2-4-17(13)23-18(21)15(14)10-20/h1-8,14H,9,21H2. The van der Waals surface area contributed by atoms with Crippen molar-refractivity contribution < 1.29 is 9.53 Å². The van der Waals surface area contributed by atoms with E-state index in [0.29, 0.717) is 16.9 Å². The maximum Gasteiger partial charge on any atom is 0.205 e. The van der Waals surface area contributed by atoms with Gasteiger partial charge in [0.2, 0.25) is 5.88 Å². The van der Waals surface area contributed by atoms with Crippen molar-refractivity contribution in [2.75, 3.05) is 0 Å². The molecule has 23 heavy (non-hydrogen) atoms. The maximum absolute atomic E-state index is 12.6. The van der Waals surface area contributed by atoms with Crippen LogP contribution in [-0.2, 0) is 0 Å². The monoisotopic (exact) mass is 368 g/mol. The van der Waals surface area contributed by atoms with E-state index in [1.54, 1.807) is 18.2 Å². The Bertz CT molecular complexity index is 835. The summed E-state index contributed by atoms with van der Waals surface area (Å²) >= 11 is 3.35. The van der Waals surface area contributed by atoms with E-state index in [-0.39, 0.29) is 24.0 Å². The highest BCUT2D eigenvalue weighted by atomic mass is 79.9. The highest BCUT2D eigenvalue weighted by Crippen LogP contribution is 2.40. The minimum absolute atomic E-state index is 0.0419. The highest BCUT2D eigenvalue weighted by molar-refractivity contribution is 9.10. The summed E-state index contributed by atoms with van der Waals surface area (Å²) in [5.74, 6) is 0.235. The molecule has 0 aromatic heterocycles. The van der Waals surface area contributed by atoms with Crippen LogP contribution in [0.5, 0.6) is 5.75 Å². The van der Waals surface area contributed by atoms with Crippen LogP contribution in [0.25, 0.3) is 0 Å². The molecule has 114 valence electrons. The number of ketones is 1. The molecule has 1 unspecified atom stereocenters. The normalized spacial score (nSPS) is 16.3. The number of fused-ring (bicyclic) bond motifs is 1. The molecule has 1 heterocycles. The van der Waals surface area contributed by atoms with Gasteiger partial charge in [-0.25, -0.2) is 0 Å². The van der Waals surface area contributed by atoms with Gasteiger partial charge >= 0.3 is 0 Å². The zero-order valence-electron chi connectivity index (χ0n) is 12.1. The first-order chi connectivity index (χ1) is 11.1. The molecule has 2 aromatic rings. The quantitative estimate of drug-likeness (QED) is 0.833. The first-order valence-electron chi connectivity index (χ1n) is 7.05. The molecule has 0 spiro atoms. The molecule has 3 rings (SSSR count). The van der Waals surface area contributed by atoms with Crippen molar-refractivity contribution >= 4 is 21.7 Å². The molecule has 5 heteroatoms. The van der Waals surface area contributed by atoms with E-state index in [1.165, 1.54) is 0 Å². The lowest BCUT2D eigenvalue weighted by Crippen LogP contribution is -2.22. The number of carbonyl (C=O) groups excluding carboxylic acids is 1. The number of allylic oxidation sites excluding steroid dienone is 1. The number of para-hydroxylation sites is 1. The molecule has 0 aliphatic carbocycles. The van der Waals surface area contributed by atoms with Crippen molar-refractivity contribution in [3.63, 3.8) is 0 Å². The summed E-state index contributed by atoms with van der Waals surface area (Å²) in [6.45, 7) is 0. The van der Waals surface area contributed by atoms with Gasteiger partial charge in [-0.3, -0.25) is 4.79 Å². The Morgan fingerprint density at radius 1 is 1.22 bits per heavy atom. The third-order valence-corrected chi connectivity index (χ3v) is 4.33. The molecule has 2 aromatic carbocycles. The number of rotatable bonds is 3. The predicted octanol–water partition coefficient (Wildman–Crippen LogP) is 3.89. The van der Waals surface area contributed by atoms with Gasteiger partial charge < -0.3 is 10.5 Å². The van der Waals surface area contributed by atoms with Crippen molar-refractivity contribution in [2.24, 2.45) is 5.73 Å². The summed E-state index contributed by atoms with van der Waals surface area (Å²) < 4.78 is 6.40. The third kappa shape index (κ3) is 2.99. The van der Waals surface area contributed by atoms with E-state index >= 15 is 0 Å². The van der Waals surface area contributed by atoms with E-state index in [0.717, 1.165) is 10.0 Å². The second-order valence-corrected chi connectivity index (χ2v) is 6.13. The summed E-state index contributed by atoms with van der Waals surface area (Å²) in [4.78, 5) is 12.6. The van der Waals surface area contributed by atoms with Gasteiger partial charge in [0.05, 0.1) is 5.57 Å². The molecule has 0 bridgehead atoms. The van der Waals surface area contributed by atoms with Crippen LogP contribution in [0, 0.1) is 11.3 Å². The first kappa shape index (κ1) is 15.3. The van der Waals surface area contributed by atoms with Gasteiger partial charge in [-0.15, -0.1) is 0 Å².